The molecular weight excluding hydrogens is 449 g/mol. The van der Waals surface area contributed by atoms with Gasteiger partial charge in [-0.3, -0.25) is 9.59 Å². The fraction of sp³-hybridized carbons (Fsp3) is 0.478. The Morgan fingerprint density at radius 1 is 1.24 bits per heavy atom. The van der Waals surface area contributed by atoms with Crippen LogP contribution in [0.3, 0.4) is 0 Å². The third-order valence-corrected chi connectivity index (χ3v) is 7.90. The number of benzene rings is 1. The van der Waals surface area contributed by atoms with Gasteiger partial charge in [0.15, 0.2) is 0 Å². The van der Waals surface area contributed by atoms with Crippen molar-refractivity contribution in [1.29, 1.82) is 0 Å². The minimum absolute atomic E-state index is 0.00673. The number of carbonyl (C=O) groups excluding carboxylic acids is 2. The first-order valence-corrected chi connectivity index (χ1v) is 12.5. The summed E-state index contributed by atoms with van der Waals surface area (Å²) in [5.74, 6) is -1.29. The quantitative estimate of drug-likeness (QED) is 0.575. The van der Waals surface area contributed by atoms with E-state index >= 15 is 0 Å². The van der Waals surface area contributed by atoms with E-state index in [-0.39, 0.29) is 42.3 Å². The highest BCUT2D eigenvalue weighted by Crippen LogP contribution is 2.24. The molecule has 0 bridgehead atoms. The maximum atomic E-state index is 13.2. The van der Waals surface area contributed by atoms with Gasteiger partial charge in [-0.2, -0.15) is 4.31 Å². The summed E-state index contributed by atoms with van der Waals surface area (Å²) in [4.78, 5) is 25.8. The van der Waals surface area contributed by atoms with Gasteiger partial charge in [-0.1, -0.05) is 20.3 Å². The maximum Gasteiger partial charge on any atom is 0.243 e. The van der Waals surface area contributed by atoms with E-state index in [1.807, 2.05) is 13.8 Å². The molecule has 180 valence electrons. The van der Waals surface area contributed by atoms with E-state index in [2.05, 4.69) is 10.6 Å². The standard InChI is InChI=1S/C23H30FN3O5S/c1-3-16(2)21(23(29)25-14-19-7-5-13-32-19)26-22(28)17-6-4-12-27(15-17)33(30,31)20-10-8-18(24)9-11-20/h5,7-11,13,16-17,21H,3-4,6,12,14-15H2,1-2H3,(H,25,29)(H,26,28)/t16-,17+,21-/m0/s1. The van der Waals surface area contributed by atoms with Crippen LogP contribution < -0.4 is 10.6 Å². The lowest BCUT2D eigenvalue weighted by molar-refractivity contribution is -0.133. The zero-order valence-electron chi connectivity index (χ0n) is 18.8. The number of hydrogen-bond donors (Lipinski definition) is 2. The molecule has 3 rings (SSSR count). The van der Waals surface area contributed by atoms with Crippen LogP contribution in [0.1, 0.15) is 38.9 Å². The highest BCUT2D eigenvalue weighted by atomic mass is 32.2. The molecule has 33 heavy (non-hydrogen) atoms. The van der Waals surface area contributed by atoms with E-state index in [0.29, 0.717) is 25.0 Å². The number of furan rings is 1. The molecule has 1 fully saturated rings. The van der Waals surface area contributed by atoms with Crippen LogP contribution >= 0.6 is 0 Å². The Labute approximate surface area is 193 Å². The van der Waals surface area contributed by atoms with Gasteiger partial charge in [-0.25, -0.2) is 12.8 Å². The normalized spacial score (nSPS) is 18.9. The molecule has 3 atom stereocenters. The van der Waals surface area contributed by atoms with Crippen molar-refractivity contribution in [2.45, 2.75) is 50.6 Å². The summed E-state index contributed by atoms with van der Waals surface area (Å²) in [7, 11) is -3.85. The summed E-state index contributed by atoms with van der Waals surface area (Å²) in [6.07, 6.45) is 3.22. The molecule has 1 aliphatic rings. The van der Waals surface area contributed by atoms with Crippen molar-refractivity contribution < 1.29 is 26.8 Å². The third kappa shape index (κ3) is 6.20. The van der Waals surface area contributed by atoms with Gasteiger partial charge in [-0.05, 0) is 55.2 Å². The van der Waals surface area contributed by atoms with Crippen molar-refractivity contribution in [3.05, 3.63) is 54.2 Å². The van der Waals surface area contributed by atoms with Gasteiger partial charge in [0.1, 0.15) is 17.6 Å². The molecule has 1 aromatic carbocycles. The molecule has 1 aliphatic heterocycles. The SMILES string of the molecule is CC[C@H](C)[C@H](NC(=O)[C@@H]1CCCN(S(=O)(=O)c2ccc(F)cc2)C1)C(=O)NCc1ccco1. The fourth-order valence-corrected chi connectivity index (χ4v) is 5.32. The molecule has 2 heterocycles. The van der Waals surface area contributed by atoms with Crippen LogP contribution in [0, 0.1) is 17.7 Å². The Morgan fingerprint density at radius 3 is 2.61 bits per heavy atom. The molecule has 0 radical (unpaired) electrons. The van der Waals surface area contributed by atoms with Gasteiger partial charge in [0.25, 0.3) is 0 Å². The topological polar surface area (TPSA) is 109 Å². The maximum absolute atomic E-state index is 13.2. The predicted octanol–water partition coefficient (Wildman–Crippen LogP) is 2.67. The number of nitrogens with one attached hydrogen (secondary N) is 2. The Bertz CT molecular complexity index is 1040. The second kappa shape index (κ2) is 10.9. The number of amides is 2. The summed E-state index contributed by atoms with van der Waals surface area (Å²) in [6.45, 7) is 4.31. The number of hydrogen-bond acceptors (Lipinski definition) is 5. The van der Waals surface area contributed by atoms with Crippen molar-refractivity contribution in [2.75, 3.05) is 13.1 Å². The number of nitrogens with zero attached hydrogens (tertiary/aromatic N) is 1. The molecule has 0 spiro atoms. The number of halogens is 1. The molecule has 1 saturated heterocycles. The zero-order chi connectivity index (χ0) is 24.0. The van der Waals surface area contributed by atoms with E-state index in [4.69, 9.17) is 4.42 Å². The van der Waals surface area contributed by atoms with Gasteiger partial charge in [-0.15, -0.1) is 0 Å². The molecule has 10 heteroatoms. The first-order chi connectivity index (χ1) is 15.7. The van der Waals surface area contributed by atoms with Crippen molar-refractivity contribution in [1.82, 2.24) is 14.9 Å². The van der Waals surface area contributed by atoms with E-state index in [1.54, 1.807) is 12.1 Å². The van der Waals surface area contributed by atoms with Gasteiger partial charge in [0.2, 0.25) is 21.8 Å². The lowest BCUT2D eigenvalue weighted by atomic mass is 9.95. The molecule has 8 nitrogen and oxygen atoms in total. The number of sulfonamides is 1. The highest BCUT2D eigenvalue weighted by molar-refractivity contribution is 7.89. The van der Waals surface area contributed by atoms with Crippen LogP contribution in [0.4, 0.5) is 4.39 Å². The van der Waals surface area contributed by atoms with Gasteiger partial charge in [0.05, 0.1) is 23.6 Å². The van der Waals surface area contributed by atoms with Crippen molar-refractivity contribution in [3.8, 4) is 0 Å². The Morgan fingerprint density at radius 2 is 1.97 bits per heavy atom. The second-order valence-electron chi connectivity index (χ2n) is 8.33. The van der Waals surface area contributed by atoms with Crippen LogP contribution in [0.25, 0.3) is 0 Å². The molecule has 1 aromatic heterocycles. The lowest BCUT2D eigenvalue weighted by Crippen LogP contribution is -2.53. The second-order valence-corrected chi connectivity index (χ2v) is 10.3. The predicted molar refractivity (Wildman–Crippen MR) is 120 cm³/mol. The minimum atomic E-state index is -3.85. The lowest BCUT2D eigenvalue weighted by Gasteiger charge is -2.32. The summed E-state index contributed by atoms with van der Waals surface area (Å²) in [6, 6.07) is 7.35. The average molecular weight is 480 g/mol. The van der Waals surface area contributed by atoms with Crippen LogP contribution in [-0.4, -0.2) is 43.7 Å². The van der Waals surface area contributed by atoms with Gasteiger partial charge >= 0.3 is 0 Å². The van der Waals surface area contributed by atoms with Crippen molar-refractivity contribution in [3.63, 3.8) is 0 Å². The van der Waals surface area contributed by atoms with Crippen molar-refractivity contribution >= 4 is 21.8 Å². The Kier molecular flexibility index (Phi) is 8.25. The highest BCUT2D eigenvalue weighted by Gasteiger charge is 2.35. The van der Waals surface area contributed by atoms with E-state index in [9.17, 15) is 22.4 Å². The van der Waals surface area contributed by atoms with Gasteiger partial charge in [0, 0.05) is 13.1 Å². The monoisotopic (exact) mass is 479 g/mol. The number of carbonyl (C=O) groups is 2. The van der Waals surface area contributed by atoms with Gasteiger partial charge < -0.3 is 15.1 Å². The fourth-order valence-electron chi connectivity index (χ4n) is 3.80. The number of piperidine rings is 1. The average Bonchev–Trinajstić information content (AvgIpc) is 3.34. The van der Waals surface area contributed by atoms with Crippen LogP contribution in [0.5, 0.6) is 0 Å². The summed E-state index contributed by atoms with van der Waals surface area (Å²) in [5, 5.41) is 5.62. The first-order valence-electron chi connectivity index (χ1n) is 11.1. The molecule has 2 amide bonds. The Balaban J connectivity index is 1.66. The number of rotatable bonds is 9. The van der Waals surface area contributed by atoms with Crippen LogP contribution in [0.2, 0.25) is 0 Å². The summed E-state index contributed by atoms with van der Waals surface area (Å²) < 4.78 is 45.6. The summed E-state index contributed by atoms with van der Waals surface area (Å²) >= 11 is 0. The third-order valence-electron chi connectivity index (χ3n) is 6.02. The molecule has 0 aliphatic carbocycles. The van der Waals surface area contributed by atoms with Crippen LogP contribution in [0.15, 0.2) is 52.0 Å². The smallest absolute Gasteiger partial charge is 0.243 e. The minimum Gasteiger partial charge on any atom is -0.467 e. The van der Waals surface area contributed by atoms with E-state index in [0.717, 1.165) is 12.1 Å². The first kappa shape index (κ1) is 24.9. The molecule has 0 unspecified atom stereocenters. The molecular formula is C23H30FN3O5S. The summed E-state index contributed by atoms with van der Waals surface area (Å²) in [5.41, 5.74) is 0. The molecule has 2 N–H and O–H groups in total. The van der Waals surface area contributed by atoms with Crippen molar-refractivity contribution in [2.24, 2.45) is 11.8 Å². The largest absolute Gasteiger partial charge is 0.467 e. The molecule has 2 aromatic rings. The zero-order valence-corrected chi connectivity index (χ0v) is 19.6. The Hall–Kier alpha value is -2.72. The molecule has 0 saturated carbocycles. The van der Waals surface area contributed by atoms with Crippen LogP contribution in [-0.2, 0) is 26.2 Å². The van der Waals surface area contributed by atoms with E-state index < -0.39 is 27.8 Å². The van der Waals surface area contributed by atoms with E-state index in [1.165, 1.54) is 22.7 Å².